The first-order valence-corrected chi connectivity index (χ1v) is 7.08. The minimum absolute atomic E-state index is 0.0204. The smallest absolute Gasteiger partial charge is 0.417 e. The van der Waals surface area contributed by atoms with Crippen molar-refractivity contribution in [3.05, 3.63) is 58.0 Å². The van der Waals surface area contributed by atoms with Crippen molar-refractivity contribution in [2.45, 2.75) is 26.3 Å². The minimum atomic E-state index is -0.431. The summed E-state index contributed by atoms with van der Waals surface area (Å²) < 4.78 is 10.6. The molecule has 0 saturated heterocycles. The summed E-state index contributed by atoms with van der Waals surface area (Å²) in [6.07, 6.45) is 2.80. The Labute approximate surface area is 122 Å². The molecule has 1 aromatic carbocycles. The number of hydrogen-bond donors (Lipinski definition) is 2. The number of fused-ring (bicyclic) bond motifs is 1. The van der Waals surface area contributed by atoms with Gasteiger partial charge in [0.05, 0.1) is 17.8 Å². The molecule has 5 heteroatoms. The Hall–Kier alpha value is -2.27. The van der Waals surface area contributed by atoms with Gasteiger partial charge in [0.15, 0.2) is 5.58 Å². The van der Waals surface area contributed by atoms with Crippen molar-refractivity contribution >= 4 is 11.1 Å². The predicted molar refractivity (Wildman–Crippen MR) is 80.4 cm³/mol. The molecule has 110 valence electrons. The third-order valence-corrected chi connectivity index (χ3v) is 3.46. The van der Waals surface area contributed by atoms with E-state index in [4.69, 9.17) is 8.83 Å². The van der Waals surface area contributed by atoms with E-state index < -0.39 is 5.76 Å². The van der Waals surface area contributed by atoms with Crippen LogP contribution in [-0.4, -0.2) is 11.5 Å². The molecule has 0 bridgehead atoms. The van der Waals surface area contributed by atoms with E-state index in [9.17, 15) is 4.79 Å². The molecule has 0 spiro atoms. The molecule has 0 fully saturated rings. The molecule has 0 saturated carbocycles. The Bertz CT molecular complexity index is 797. The maximum absolute atomic E-state index is 11.3. The Morgan fingerprint density at radius 1 is 1.29 bits per heavy atom. The zero-order valence-corrected chi connectivity index (χ0v) is 12.1. The van der Waals surface area contributed by atoms with Crippen molar-refractivity contribution in [3.63, 3.8) is 0 Å². The van der Waals surface area contributed by atoms with Gasteiger partial charge >= 0.3 is 5.76 Å². The van der Waals surface area contributed by atoms with Crippen LogP contribution in [0.5, 0.6) is 0 Å². The number of H-pyrrole nitrogens is 1. The van der Waals surface area contributed by atoms with Crippen LogP contribution in [0.25, 0.3) is 11.1 Å². The second kappa shape index (κ2) is 5.61. The maximum Gasteiger partial charge on any atom is 0.417 e. The van der Waals surface area contributed by atoms with Crippen LogP contribution in [0.15, 0.2) is 44.2 Å². The van der Waals surface area contributed by atoms with E-state index in [-0.39, 0.29) is 6.04 Å². The van der Waals surface area contributed by atoms with Gasteiger partial charge in [0, 0.05) is 5.56 Å². The third-order valence-electron chi connectivity index (χ3n) is 3.46. The summed E-state index contributed by atoms with van der Waals surface area (Å²) in [5, 5.41) is 3.50. The molecule has 2 N–H and O–H groups in total. The highest BCUT2D eigenvalue weighted by Gasteiger charge is 2.16. The predicted octanol–water partition coefficient (Wildman–Crippen LogP) is 3.11. The average Bonchev–Trinajstić information content (AvgIpc) is 3.04. The Morgan fingerprint density at radius 2 is 2.14 bits per heavy atom. The van der Waals surface area contributed by atoms with Gasteiger partial charge in [0.25, 0.3) is 0 Å². The van der Waals surface area contributed by atoms with Gasteiger partial charge in [0.1, 0.15) is 5.76 Å². The fourth-order valence-electron chi connectivity index (χ4n) is 2.47. The number of nitrogens with one attached hydrogen (secondary N) is 2. The molecule has 1 atom stereocenters. The van der Waals surface area contributed by atoms with Crippen LogP contribution >= 0.6 is 0 Å². The maximum atomic E-state index is 11.3. The van der Waals surface area contributed by atoms with Gasteiger partial charge in [-0.2, -0.15) is 0 Å². The van der Waals surface area contributed by atoms with E-state index in [0.29, 0.717) is 11.1 Å². The Morgan fingerprint density at radius 3 is 2.86 bits per heavy atom. The molecule has 3 rings (SSSR count). The summed E-state index contributed by atoms with van der Waals surface area (Å²) >= 11 is 0. The van der Waals surface area contributed by atoms with Crippen LogP contribution in [0.1, 0.15) is 36.3 Å². The first-order valence-electron chi connectivity index (χ1n) is 7.08. The molecular weight excluding hydrogens is 268 g/mol. The van der Waals surface area contributed by atoms with Crippen LogP contribution in [-0.2, 0) is 0 Å². The van der Waals surface area contributed by atoms with Crippen molar-refractivity contribution in [1.29, 1.82) is 0 Å². The van der Waals surface area contributed by atoms with Crippen molar-refractivity contribution in [1.82, 2.24) is 10.3 Å². The van der Waals surface area contributed by atoms with Crippen molar-refractivity contribution in [2.24, 2.45) is 0 Å². The molecule has 2 heterocycles. The summed E-state index contributed by atoms with van der Waals surface area (Å²) in [5.74, 6) is 0.446. The van der Waals surface area contributed by atoms with Crippen LogP contribution in [0, 0.1) is 6.92 Å². The zero-order valence-electron chi connectivity index (χ0n) is 12.1. The first kappa shape index (κ1) is 13.7. The lowest BCUT2D eigenvalue weighted by Crippen LogP contribution is -2.22. The molecule has 0 radical (unpaired) electrons. The van der Waals surface area contributed by atoms with Crippen molar-refractivity contribution in [2.75, 3.05) is 6.54 Å². The van der Waals surface area contributed by atoms with Crippen molar-refractivity contribution < 1.29 is 8.83 Å². The number of aromatic amines is 1. The van der Waals surface area contributed by atoms with Crippen LogP contribution in [0.3, 0.4) is 0 Å². The number of furan rings is 1. The number of rotatable bonds is 5. The van der Waals surface area contributed by atoms with E-state index in [1.165, 1.54) is 0 Å². The lowest BCUT2D eigenvalue weighted by atomic mass is 10.0. The minimum Gasteiger partial charge on any atom is -0.469 e. The van der Waals surface area contributed by atoms with E-state index >= 15 is 0 Å². The molecule has 21 heavy (non-hydrogen) atoms. The monoisotopic (exact) mass is 286 g/mol. The van der Waals surface area contributed by atoms with E-state index in [1.54, 1.807) is 6.26 Å². The lowest BCUT2D eigenvalue weighted by molar-refractivity contribution is 0.523. The third kappa shape index (κ3) is 2.78. The second-order valence-electron chi connectivity index (χ2n) is 5.15. The largest absolute Gasteiger partial charge is 0.469 e. The van der Waals surface area contributed by atoms with E-state index in [0.717, 1.165) is 29.9 Å². The number of hydrogen-bond acceptors (Lipinski definition) is 4. The van der Waals surface area contributed by atoms with Crippen LogP contribution < -0.4 is 11.1 Å². The van der Waals surface area contributed by atoms with Gasteiger partial charge in [-0.3, -0.25) is 4.98 Å². The van der Waals surface area contributed by atoms with Crippen molar-refractivity contribution in [3.8, 4) is 0 Å². The quantitative estimate of drug-likeness (QED) is 0.756. The molecular formula is C16H18N2O3. The van der Waals surface area contributed by atoms with Gasteiger partial charge in [0.2, 0.25) is 0 Å². The molecule has 0 aliphatic carbocycles. The average molecular weight is 286 g/mol. The molecule has 0 aliphatic heterocycles. The summed E-state index contributed by atoms with van der Waals surface area (Å²) in [6.45, 7) is 4.94. The number of oxazole rings is 1. The number of aromatic nitrogens is 1. The van der Waals surface area contributed by atoms with Crippen LogP contribution in [0.4, 0.5) is 0 Å². The SMILES string of the molecule is CCCNC(c1coc(C)c1)c1ccc2[nH]c(=O)oc2c1. The molecule has 2 aromatic heterocycles. The van der Waals surface area contributed by atoms with Gasteiger partial charge in [-0.1, -0.05) is 13.0 Å². The molecule has 0 amide bonds. The zero-order chi connectivity index (χ0) is 14.8. The Balaban J connectivity index is 2.02. The first-order chi connectivity index (χ1) is 10.2. The van der Waals surface area contributed by atoms with Gasteiger partial charge in [-0.05, 0) is 43.7 Å². The lowest BCUT2D eigenvalue weighted by Gasteiger charge is -2.17. The summed E-state index contributed by atoms with van der Waals surface area (Å²) in [6, 6.07) is 7.78. The fraction of sp³-hybridized carbons (Fsp3) is 0.312. The fourth-order valence-corrected chi connectivity index (χ4v) is 2.47. The highest BCUT2D eigenvalue weighted by atomic mass is 16.4. The van der Waals surface area contributed by atoms with E-state index in [1.807, 2.05) is 31.2 Å². The highest BCUT2D eigenvalue weighted by molar-refractivity contribution is 5.73. The van der Waals surface area contributed by atoms with E-state index in [2.05, 4.69) is 17.2 Å². The summed E-state index contributed by atoms with van der Waals surface area (Å²) in [7, 11) is 0. The standard InChI is InChI=1S/C16H18N2O3/c1-3-6-17-15(12-7-10(2)20-9-12)11-4-5-13-14(8-11)21-16(19)18-13/h4-5,7-9,15,17H,3,6H2,1-2H3,(H,18,19). The molecule has 1 unspecified atom stereocenters. The molecule has 3 aromatic rings. The Kier molecular flexibility index (Phi) is 3.66. The highest BCUT2D eigenvalue weighted by Crippen LogP contribution is 2.26. The van der Waals surface area contributed by atoms with Crippen LogP contribution in [0.2, 0.25) is 0 Å². The second-order valence-corrected chi connectivity index (χ2v) is 5.15. The van der Waals surface area contributed by atoms with Gasteiger partial charge in [-0.15, -0.1) is 0 Å². The normalized spacial score (nSPS) is 12.9. The summed E-state index contributed by atoms with van der Waals surface area (Å²) in [4.78, 5) is 13.9. The number of aryl methyl sites for hydroxylation is 1. The molecule has 0 aliphatic rings. The topological polar surface area (TPSA) is 71.2 Å². The van der Waals surface area contributed by atoms with Gasteiger partial charge < -0.3 is 14.2 Å². The number of benzene rings is 1. The van der Waals surface area contributed by atoms with Gasteiger partial charge in [-0.25, -0.2) is 4.79 Å². The summed E-state index contributed by atoms with van der Waals surface area (Å²) in [5.41, 5.74) is 3.39. The molecule has 5 nitrogen and oxygen atoms in total.